The minimum absolute atomic E-state index is 0.341. The summed E-state index contributed by atoms with van der Waals surface area (Å²) in [6.07, 6.45) is 2.43. The second-order valence-corrected chi connectivity index (χ2v) is 8.39. The molecule has 32 heavy (non-hydrogen) atoms. The molecule has 1 aromatic heterocycles. The number of fused-ring (bicyclic) bond motifs is 1. The molecule has 5 nitrogen and oxygen atoms in total. The van der Waals surface area contributed by atoms with Crippen LogP contribution in [0.2, 0.25) is 15.1 Å². The van der Waals surface area contributed by atoms with Crippen molar-refractivity contribution in [3.05, 3.63) is 86.9 Å². The summed E-state index contributed by atoms with van der Waals surface area (Å²) >= 11 is 18.6. The van der Waals surface area contributed by atoms with Gasteiger partial charge in [-0.15, -0.1) is 0 Å². The maximum absolute atomic E-state index is 12.6. The van der Waals surface area contributed by atoms with Gasteiger partial charge in [0.05, 0.1) is 22.3 Å². The van der Waals surface area contributed by atoms with Crippen LogP contribution in [0.3, 0.4) is 0 Å². The minimum atomic E-state index is -0.341. The van der Waals surface area contributed by atoms with Gasteiger partial charge >= 0.3 is 0 Å². The molecule has 1 amide bonds. The van der Waals surface area contributed by atoms with Gasteiger partial charge in [0, 0.05) is 33.3 Å². The van der Waals surface area contributed by atoms with Gasteiger partial charge in [-0.2, -0.15) is 5.10 Å². The van der Waals surface area contributed by atoms with Gasteiger partial charge < -0.3 is 4.57 Å². The van der Waals surface area contributed by atoms with Gasteiger partial charge in [-0.05, 0) is 48.9 Å². The van der Waals surface area contributed by atoms with E-state index in [1.165, 1.54) is 6.21 Å². The van der Waals surface area contributed by atoms with Crippen molar-refractivity contribution in [3.8, 4) is 11.4 Å². The predicted molar refractivity (Wildman–Crippen MR) is 132 cm³/mol. The van der Waals surface area contributed by atoms with Gasteiger partial charge in [-0.3, -0.25) is 4.79 Å². The molecule has 4 aromatic rings. The Morgan fingerprint density at radius 2 is 1.88 bits per heavy atom. The minimum Gasteiger partial charge on any atom is -0.324 e. The fourth-order valence-corrected chi connectivity index (χ4v) is 4.08. The number of hydrazone groups is 1. The van der Waals surface area contributed by atoms with E-state index in [9.17, 15) is 4.79 Å². The fourth-order valence-electron chi connectivity index (χ4n) is 3.40. The van der Waals surface area contributed by atoms with E-state index >= 15 is 0 Å². The SMILES string of the molecule is CCCn1c(-c2ccc(Cl)cc2Cl)nc2cc(C(=O)N/N=C/c3ccccc3Cl)ccc21. The first-order valence-electron chi connectivity index (χ1n) is 10.0. The Balaban J connectivity index is 1.65. The summed E-state index contributed by atoms with van der Waals surface area (Å²) in [5.74, 6) is 0.393. The zero-order valence-corrected chi connectivity index (χ0v) is 19.4. The average Bonchev–Trinajstić information content (AvgIpc) is 3.12. The van der Waals surface area contributed by atoms with Gasteiger partial charge in [0.25, 0.3) is 5.91 Å². The van der Waals surface area contributed by atoms with Crippen molar-refractivity contribution < 1.29 is 4.79 Å². The van der Waals surface area contributed by atoms with E-state index in [-0.39, 0.29) is 5.91 Å². The maximum Gasteiger partial charge on any atom is 0.271 e. The van der Waals surface area contributed by atoms with E-state index in [0.29, 0.717) is 31.7 Å². The van der Waals surface area contributed by atoms with Crippen molar-refractivity contribution >= 4 is 58.0 Å². The van der Waals surface area contributed by atoms with Crippen LogP contribution in [0.5, 0.6) is 0 Å². The summed E-state index contributed by atoms with van der Waals surface area (Å²) in [5, 5.41) is 5.66. The molecule has 0 radical (unpaired) electrons. The molecule has 0 unspecified atom stereocenters. The van der Waals surface area contributed by atoms with Crippen molar-refractivity contribution in [1.82, 2.24) is 15.0 Å². The number of carbonyl (C=O) groups excluding carboxylic acids is 1. The third-order valence-corrected chi connectivity index (χ3v) is 5.80. The number of nitrogens with one attached hydrogen (secondary N) is 1. The van der Waals surface area contributed by atoms with E-state index < -0.39 is 0 Å². The van der Waals surface area contributed by atoms with Gasteiger partial charge in [0.1, 0.15) is 5.82 Å². The number of rotatable bonds is 6. The van der Waals surface area contributed by atoms with E-state index in [1.807, 2.05) is 30.3 Å². The Bertz CT molecular complexity index is 1330. The summed E-state index contributed by atoms with van der Waals surface area (Å²) in [6.45, 7) is 2.86. The number of amides is 1. The monoisotopic (exact) mass is 484 g/mol. The Hall–Kier alpha value is -2.86. The number of hydrogen-bond acceptors (Lipinski definition) is 3. The summed E-state index contributed by atoms with van der Waals surface area (Å²) in [7, 11) is 0. The third-order valence-electron chi connectivity index (χ3n) is 4.90. The lowest BCUT2D eigenvalue weighted by Crippen LogP contribution is -2.17. The molecule has 1 N–H and O–H groups in total. The molecule has 0 saturated heterocycles. The number of nitrogens with zero attached hydrogens (tertiary/aromatic N) is 3. The smallest absolute Gasteiger partial charge is 0.271 e. The van der Waals surface area contributed by atoms with Crippen LogP contribution in [0.25, 0.3) is 22.4 Å². The zero-order chi connectivity index (χ0) is 22.7. The molecule has 1 heterocycles. The van der Waals surface area contributed by atoms with Crippen LogP contribution in [0, 0.1) is 0 Å². The van der Waals surface area contributed by atoms with Crippen molar-refractivity contribution in [1.29, 1.82) is 0 Å². The number of halogens is 3. The molecule has 8 heteroatoms. The van der Waals surface area contributed by atoms with Crippen LogP contribution >= 0.6 is 34.8 Å². The van der Waals surface area contributed by atoms with Crippen LogP contribution in [-0.4, -0.2) is 21.7 Å². The van der Waals surface area contributed by atoms with E-state index in [4.69, 9.17) is 39.8 Å². The first-order chi connectivity index (χ1) is 15.5. The maximum atomic E-state index is 12.6. The first kappa shape index (κ1) is 22.3. The highest BCUT2D eigenvalue weighted by atomic mass is 35.5. The Morgan fingerprint density at radius 3 is 2.62 bits per heavy atom. The first-order valence-corrected chi connectivity index (χ1v) is 11.1. The quantitative estimate of drug-likeness (QED) is 0.240. The molecular weight excluding hydrogens is 467 g/mol. The van der Waals surface area contributed by atoms with Gasteiger partial charge in [0.15, 0.2) is 0 Å². The molecule has 0 aliphatic rings. The molecule has 3 aromatic carbocycles. The third kappa shape index (κ3) is 4.65. The van der Waals surface area contributed by atoms with Crippen LogP contribution in [0.4, 0.5) is 0 Å². The number of carbonyl (C=O) groups is 1. The number of aromatic nitrogens is 2. The molecule has 0 aliphatic heterocycles. The summed E-state index contributed by atoms with van der Waals surface area (Å²) in [4.78, 5) is 17.4. The molecule has 162 valence electrons. The largest absolute Gasteiger partial charge is 0.324 e. The lowest BCUT2D eigenvalue weighted by molar-refractivity contribution is 0.0955. The Kier molecular flexibility index (Phi) is 6.80. The number of imidazole rings is 1. The molecule has 0 saturated carbocycles. The zero-order valence-electron chi connectivity index (χ0n) is 17.1. The van der Waals surface area contributed by atoms with Crippen LogP contribution < -0.4 is 5.43 Å². The van der Waals surface area contributed by atoms with Gasteiger partial charge in [-0.25, -0.2) is 10.4 Å². The van der Waals surface area contributed by atoms with Crippen molar-refractivity contribution in [2.45, 2.75) is 19.9 Å². The second-order valence-electron chi connectivity index (χ2n) is 7.14. The second kappa shape index (κ2) is 9.74. The lowest BCUT2D eigenvalue weighted by Gasteiger charge is -2.09. The average molecular weight is 486 g/mol. The molecule has 0 aliphatic carbocycles. The summed E-state index contributed by atoms with van der Waals surface area (Å²) in [6, 6.07) is 18.0. The van der Waals surface area contributed by atoms with E-state index in [1.54, 1.807) is 30.3 Å². The highest BCUT2D eigenvalue weighted by molar-refractivity contribution is 6.36. The number of aryl methyl sites for hydroxylation is 1. The van der Waals surface area contributed by atoms with Crippen LogP contribution in [-0.2, 0) is 6.54 Å². The normalized spacial score (nSPS) is 11.4. The van der Waals surface area contributed by atoms with Crippen LogP contribution in [0.1, 0.15) is 29.3 Å². The van der Waals surface area contributed by atoms with Gasteiger partial charge in [0.2, 0.25) is 0 Å². The van der Waals surface area contributed by atoms with Crippen molar-refractivity contribution in [2.24, 2.45) is 5.10 Å². The van der Waals surface area contributed by atoms with Crippen molar-refractivity contribution in [3.63, 3.8) is 0 Å². The molecule has 0 fully saturated rings. The van der Waals surface area contributed by atoms with E-state index in [0.717, 1.165) is 29.9 Å². The highest BCUT2D eigenvalue weighted by Crippen LogP contribution is 2.32. The molecular formula is C24H19Cl3N4O. The van der Waals surface area contributed by atoms with Crippen LogP contribution in [0.15, 0.2) is 65.8 Å². The molecule has 0 bridgehead atoms. The standard InChI is InChI=1S/C24H19Cl3N4O/c1-2-11-31-22-10-7-15(24(32)30-28-14-16-5-3-4-6-19(16)26)12-21(22)29-23(31)18-9-8-17(25)13-20(18)27/h3-10,12-14H,2,11H2,1H3,(H,30,32)/b28-14+. The number of benzene rings is 3. The molecule has 0 atom stereocenters. The summed E-state index contributed by atoms with van der Waals surface area (Å²) < 4.78 is 2.10. The Morgan fingerprint density at radius 1 is 1.06 bits per heavy atom. The van der Waals surface area contributed by atoms with Gasteiger partial charge in [-0.1, -0.05) is 59.9 Å². The highest BCUT2D eigenvalue weighted by Gasteiger charge is 2.16. The predicted octanol–water partition coefficient (Wildman–Crippen LogP) is 6.84. The summed E-state index contributed by atoms with van der Waals surface area (Å²) in [5.41, 5.74) is 6.10. The molecule has 4 rings (SSSR count). The molecule has 0 spiro atoms. The fraction of sp³-hybridized carbons (Fsp3) is 0.125. The lowest BCUT2D eigenvalue weighted by atomic mass is 10.2. The Labute approximate surface area is 200 Å². The van der Waals surface area contributed by atoms with Crippen molar-refractivity contribution in [2.75, 3.05) is 0 Å². The topological polar surface area (TPSA) is 59.3 Å². The van der Waals surface area contributed by atoms with E-state index in [2.05, 4.69) is 22.0 Å². The number of hydrogen-bond donors (Lipinski definition) is 1.